The third-order valence-electron chi connectivity index (χ3n) is 3.06. The average Bonchev–Trinajstić information content (AvgIpc) is 2.27. The topological polar surface area (TPSA) is 83.6 Å². The zero-order chi connectivity index (χ0) is 14.2. The molecule has 1 heterocycles. The summed E-state index contributed by atoms with van der Waals surface area (Å²) < 4.78 is 27.6. The maximum absolute atomic E-state index is 12.6. The molecule has 1 saturated heterocycles. The Labute approximate surface area is 129 Å². The van der Waals surface area contributed by atoms with E-state index < -0.39 is 16.1 Å². The molecule has 8 heteroatoms. The minimum Gasteiger partial charge on any atom is -0.398 e. The fourth-order valence-electron chi connectivity index (χ4n) is 2.06. The van der Waals surface area contributed by atoms with Gasteiger partial charge in [-0.1, -0.05) is 15.9 Å². The molecule has 0 radical (unpaired) electrons. The van der Waals surface area contributed by atoms with E-state index in [4.69, 9.17) is 5.73 Å². The number of rotatable bonds is 2. The summed E-state index contributed by atoms with van der Waals surface area (Å²) in [4.78, 5) is 0.0899. The van der Waals surface area contributed by atoms with Crippen LogP contribution in [0.15, 0.2) is 26.0 Å². The Bertz CT molecular complexity index is 561. The van der Waals surface area contributed by atoms with Crippen LogP contribution in [0.1, 0.15) is 12.8 Å². The molecule has 106 valence electrons. The van der Waals surface area contributed by atoms with Crippen molar-refractivity contribution in [1.82, 2.24) is 4.31 Å². The van der Waals surface area contributed by atoms with Gasteiger partial charge in [-0.3, -0.25) is 0 Å². The minimum absolute atomic E-state index is 0.0899. The van der Waals surface area contributed by atoms with Gasteiger partial charge in [0.25, 0.3) is 0 Å². The van der Waals surface area contributed by atoms with E-state index in [1.807, 2.05) is 0 Å². The van der Waals surface area contributed by atoms with E-state index in [1.165, 1.54) is 4.31 Å². The molecule has 0 bridgehead atoms. The van der Waals surface area contributed by atoms with Gasteiger partial charge in [-0.05, 0) is 40.9 Å². The molecule has 1 aromatic rings. The number of sulfonamides is 1. The highest BCUT2D eigenvalue weighted by atomic mass is 79.9. The molecular formula is C11H14Br2N2O3S. The zero-order valence-electron chi connectivity index (χ0n) is 10.0. The Morgan fingerprint density at radius 2 is 1.84 bits per heavy atom. The first-order chi connectivity index (χ1) is 8.82. The van der Waals surface area contributed by atoms with Gasteiger partial charge in [0, 0.05) is 22.0 Å². The molecule has 19 heavy (non-hydrogen) atoms. The lowest BCUT2D eigenvalue weighted by Gasteiger charge is -2.29. The molecule has 0 unspecified atom stereocenters. The summed E-state index contributed by atoms with van der Waals surface area (Å²) in [5.74, 6) is 0. The van der Waals surface area contributed by atoms with Crippen LogP contribution in [0.5, 0.6) is 0 Å². The molecule has 0 spiro atoms. The molecular weight excluding hydrogens is 400 g/mol. The maximum atomic E-state index is 12.6. The minimum atomic E-state index is -3.63. The molecule has 0 amide bonds. The summed E-state index contributed by atoms with van der Waals surface area (Å²) in [6.45, 7) is 0.622. The van der Waals surface area contributed by atoms with Gasteiger partial charge < -0.3 is 10.8 Å². The fraction of sp³-hybridized carbons (Fsp3) is 0.455. The molecule has 1 aliphatic heterocycles. The number of halogens is 2. The number of nitrogen functional groups attached to an aromatic ring is 1. The number of aliphatic hydroxyl groups is 1. The van der Waals surface area contributed by atoms with Crippen LogP contribution in [0.25, 0.3) is 0 Å². The zero-order valence-corrected chi connectivity index (χ0v) is 14.0. The summed E-state index contributed by atoms with van der Waals surface area (Å²) in [7, 11) is -3.63. The second-order valence-electron chi connectivity index (χ2n) is 4.44. The van der Waals surface area contributed by atoms with Gasteiger partial charge >= 0.3 is 0 Å². The van der Waals surface area contributed by atoms with Gasteiger partial charge in [-0.2, -0.15) is 4.31 Å². The van der Waals surface area contributed by atoms with Crippen LogP contribution >= 0.6 is 31.9 Å². The number of hydrogen-bond donors (Lipinski definition) is 2. The maximum Gasteiger partial charge on any atom is 0.246 e. The van der Waals surface area contributed by atoms with Gasteiger partial charge in [0.15, 0.2) is 0 Å². The standard InChI is InChI=1S/C11H14Br2N2O3S/c12-7-5-9(13)11(10(14)6-7)19(17,18)15-3-1-8(16)2-4-15/h5-6,8,16H,1-4,14H2. The van der Waals surface area contributed by atoms with Crippen LogP contribution in [-0.2, 0) is 10.0 Å². The van der Waals surface area contributed by atoms with Crippen molar-refractivity contribution >= 4 is 47.6 Å². The Morgan fingerprint density at radius 3 is 2.37 bits per heavy atom. The number of nitrogens with two attached hydrogens (primary N) is 1. The molecule has 0 aromatic heterocycles. The van der Waals surface area contributed by atoms with E-state index in [0.29, 0.717) is 34.9 Å². The lowest BCUT2D eigenvalue weighted by atomic mass is 10.1. The van der Waals surface area contributed by atoms with E-state index in [1.54, 1.807) is 12.1 Å². The van der Waals surface area contributed by atoms with E-state index in [2.05, 4.69) is 31.9 Å². The molecule has 2 rings (SSSR count). The third-order valence-corrected chi connectivity index (χ3v) is 6.42. The van der Waals surface area contributed by atoms with Crippen molar-refractivity contribution < 1.29 is 13.5 Å². The SMILES string of the molecule is Nc1cc(Br)cc(Br)c1S(=O)(=O)N1CCC(O)CC1. The molecule has 0 atom stereocenters. The number of benzene rings is 1. The van der Waals surface area contributed by atoms with E-state index in [-0.39, 0.29) is 10.6 Å². The smallest absolute Gasteiger partial charge is 0.246 e. The van der Waals surface area contributed by atoms with E-state index in [0.717, 1.165) is 0 Å². The van der Waals surface area contributed by atoms with Crippen molar-refractivity contribution in [1.29, 1.82) is 0 Å². The first kappa shape index (κ1) is 15.2. The predicted molar refractivity (Wildman–Crippen MR) is 80.3 cm³/mol. The number of nitrogens with zero attached hydrogens (tertiary/aromatic N) is 1. The van der Waals surface area contributed by atoms with Gasteiger partial charge in [0.05, 0.1) is 11.8 Å². The van der Waals surface area contributed by atoms with E-state index >= 15 is 0 Å². The Kier molecular flexibility index (Phi) is 4.56. The largest absolute Gasteiger partial charge is 0.398 e. The van der Waals surface area contributed by atoms with Gasteiger partial charge in [-0.15, -0.1) is 0 Å². The summed E-state index contributed by atoms with van der Waals surface area (Å²) in [5, 5.41) is 9.45. The Balaban J connectivity index is 2.40. The molecule has 0 aliphatic carbocycles. The van der Waals surface area contributed by atoms with Crippen molar-refractivity contribution in [3.05, 3.63) is 21.1 Å². The number of aliphatic hydroxyl groups excluding tert-OH is 1. The van der Waals surface area contributed by atoms with Crippen LogP contribution in [-0.4, -0.2) is 37.0 Å². The highest BCUT2D eigenvalue weighted by Crippen LogP contribution is 2.34. The van der Waals surface area contributed by atoms with Crippen LogP contribution in [0.3, 0.4) is 0 Å². The van der Waals surface area contributed by atoms with Crippen molar-refractivity contribution in [2.45, 2.75) is 23.8 Å². The van der Waals surface area contributed by atoms with Crippen LogP contribution < -0.4 is 5.73 Å². The summed E-state index contributed by atoms with van der Waals surface area (Å²) in [5.41, 5.74) is 6.03. The number of anilines is 1. The van der Waals surface area contributed by atoms with Crippen molar-refractivity contribution in [2.24, 2.45) is 0 Å². The highest BCUT2D eigenvalue weighted by molar-refractivity contribution is 9.11. The number of hydrogen-bond acceptors (Lipinski definition) is 4. The van der Waals surface area contributed by atoms with Crippen LogP contribution in [0.4, 0.5) is 5.69 Å². The second-order valence-corrected chi connectivity index (χ2v) is 8.09. The molecule has 1 aliphatic rings. The van der Waals surface area contributed by atoms with E-state index in [9.17, 15) is 13.5 Å². The van der Waals surface area contributed by atoms with Crippen molar-refractivity contribution in [3.63, 3.8) is 0 Å². The quantitative estimate of drug-likeness (QED) is 0.725. The van der Waals surface area contributed by atoms with Gasteiger partial charge in [-0.25, -0.2) is 8.42 Å². The average molecular weight is 414 g/mol. The monoisotopic (exact) mass is 412 g/mol. The molecule has 1 aromatic carbocycles. The lowest BCUT2D eigenvalue weighted by molar-refractivity contribution is 0.113. The third kappa shape index (κ3) is 3.13. The first-order valence-corrected chi connectivity index (χ1v) is 8.77. The first-order valence-electron chi connectivity index (χ1n) is 5.75. The predicted octanol–water partition coefficient (Wildman–Crippen LogP) is 1.94. The van der Waals surface area contributed by atoms with Crippen LogP contribution in [0.2, 0.25) is 0 Å². The lowest BCUT2D eigenvalue weighted by Crippen LogP contribution is -2.40. The van der Waals surface area contributed by atoms with Crippen molar-refractivity contribution in [2.75, 3.05) is 18.8 Å². The summed E-state index contributed by atoms with van der Waals surface area (Å²) in [6, 6.07) is 3.22. The summed E-state index contributed by atoms with van der Waals surface area (Å²) in [6.07, 6.45) is 0.484. The molecule has 0 saturated carbocycles. The number of piperidine rings is 1. The summed E-state index contributed by atoms with van der Waals surface area (Å²) >= 11 is 6.51. The Hall–Kier alpha value is -0.150. The second kappa shape index (κ2) is 5.69. The molecule has 1 fully saturated rings. The van der Waals surface area contributed by atoms with Crippen molar-refractivity contribution in [3.8, 4) is 0 Å². The van der Waals surface area contributed by atoms with Gasteiger partial charge in [0.1, 0.15) is 4.90 Å². The van der Waals surface area contributed by atoms with Crippen LogP contribution in [0, 0.1) is 0 Å². The Morgan fingerprint density at radius 1 is 1.26 bits per heavy atom. The normalized spacial score (nSPS) is 18.7. The van der Waals surface area contributed by atoms with Gasteiger partial charge in [0.2, 0.25) is 10.0 Å². The molecule has 5 nitrogen and oxygen atoms in total. The highest BCUT2D eigenvalue weighted by Gasteiger charge is 2.31. The fourth-order valence-corrected chi connectivity index (χ4v) is 5.55. The molecule has 3 N–H and O–H groups in total.